The maximum Gasteiger partial charge on any atom is 0.253 e. The first-order valence-corrected chi connectivity index (χ1v) is 11.9. The van der Waals surface area contributed by atoms with Crippen LogP contribution in [-0.2, 0) is 14.8 Å². The molecule has 0 unspecified atom stereocenters. The maximum atomic E-state index is 13.0. The van der Waals surface area contributed by atoms with E-state index in [1.165, 1.54) is 4.31 Å². The first kappa shape index (κ1) is 23.0. The van der Waals surface area contributed by atoms with Gasteiger partial charge in [0.1, 0.15) is 0 Å². The highest BCUT2D eigenvalue weighted by Crippen LogP contribution is 2.25. The quantitative estimate of drug-likeness (QED) is 0.717. The highest BCUT2D eigenvalue weighted by Gasteiger charge is 2.33. The summed E-state index contributed by atoms with van der Waals surface area (Å²) >= 11 is 0. The minimum atomic E-state index is -3.66. The summed E-state index contributed by atoms with van der Waals surface area (Å²) in [6.45, 7) is 6.13. The minimum absolute atomic E-state index is 0.0323. The lowest BCUT2D eigenvalue weighted by atomic mass is 9.98. The zero-order valence-corrected chi connectivity index (χ0v) is 18.9. The van der Waals surface area contributed by atoms with Crippen molar-refractivity contribution in [2.75, 3.05) is 18.4 Å². The van der Waals surface area contributed by atoms with E-state index in [2.05, 4.69) is 10.6 Å². The predicted octanol–water partition coefficient (Wildman–Crippen LogP) is 3.17. The zero-order valence-electron chi connectivity index (χ0n) is 18.1. The molecular weight excluding hydrogens is 414 g/mol. The lowest BCUT2D eigenvalue weighted by Gasteiger charge is -2.31. The summed E-state index contributed by atoms with van der Waals surface area (Å²) in [7, 11) is -3.66. The van der Waals surface area contributed by atoms with E-state index in [1.807, 2.05) is 20.8 Å². The first-order valence-electron chi connectivity index (χ1n) is 10.5. The molecule has 0 spiro atoms. The zero-order chi connectivity index (χ0) is 22.6. The third kappa shape index (κ3) is 5.51. The molecule has 1 aliphatic heterocycles. The van der Waals surface area contributed by atoms with Crippen molar-refractivity contribution in [1.29, 1.82) is 0 Å². The first-order chi connectivity index (χ1) is 14.7. The van der Waals surface area contributed by atoms with Gasteiger partial charge in [-0.25, -0.2) is 8.42 Å². The summed E-state index contributed by atoms with van der Waals surface area (Å²) in [6.07, 6.45) is 1.19. The van der Waals surface area contributed by atoms with Crippen LogP contribution in [0.5, 0.6) is 0 Å². The molecule has 0 bridgehead atoms. The van der Waals surface area contributed by atoms with Gasteiger partial charge in [0.05, 0.1) is 22.1 Å². The minimum Gasteiger partial charge on any atom is -0.350 e. The molecule has 1 atom stereocenters. The number of hydrogen-bond acceptors (Lipinski definition) is 4. The summed E-state index contributed by atoms with van der Waals surface area (Å²) < 4.78 is 27.4. The van der Waals surface area contributed by atoms with Gasteiger partial charge in [0, 0.05) is 19.1 Å². The van der Waals surface area contributed by atoms with Crippen LogP contribution in [0.15, 0.2) is 53.4 Å². The molecule has 1 saturated heterocycles. The third-order valence-electron chi connectivity index (χ3n) is 5.26. The number of anilines is 1. The van der Waals surface area contributed by atoms with Crippen molar-refractivity contribution in [3.8, 4) is 0 Å². The van der Waals surface area contributed by atoms with Crippen LogP contribution in [0.1, 0.15) is 42.6 Å². The lowest BCUT2D eigenvalue weighted by Crippen LogP contribution is -2.43. The van der Waals surface area contributed by atoms with Gasteiger partial charge < -0.3 is 10.6 Å². The average Bonchev–Trinajstić information content (AvgIpc) is 2.74. The second kappa shape index (κ2) is 9.62. The van der Waals surface area contributed by atoms with Crippen molar-refractivity contribution in [3.63, 3.8) is 0 Å². The van der Waals surface area contributed by atoms with Crippen molar-refractivity contribution < 1.29 is 18.0 Å². The monoisotopic (exact) mass is 443 g/mol. The Bertz CT molecular complexity index is 1050. The number of carbonyl (C=O) groups excluding carboxylic acids is 2. The van der Waals surface area contributed by atoms with Crippen LogP contribution < -0.4 is 10.6 Å². The van der Waals surface area contributed by atoms with Crippen LogP contribution >= 0.6 is 0 Å². The number of hydrogen-bond donors (Lipinski definition) is 2. The summed E-state index contributed by atoms with van der Waals surface area (Å²) in [5.74, 6) is -1.04. The molecule has 31 heavy (non-hydrogen) atoms. The number of rotatable bonds is 6. The van der Waals surface area contributed by atoms with Gasteiger partial charge in [-0.05, 0) is 57.9 Å². The molecule has 7 nitrogen and oxygen atoms in total. The van der Waals surface area contributed by atoms with E-state index in [0.717, 1.165) is 5.56 Å². The molecule has 0 aliphatic carbocycles. The number of nitrogens with zero attached hydrogens (tertiary/aromatic N) is 1. The van der Waals surface area contributed by atoms with E-state index in [0.29, 0.717) is 30.6 Å². The Morgan fingerprint density at radius 2 is 1.74 bits per heavy atom. The second-order valence-electron chi connectivity index (χ2n) is 8.18. The van der Waals surface area contributed by atoms with Gasteiger partial charge >= 0.3 is 0 Å². The van der Waals surface area contributed by atoms with Crippen LogP contribution in [0.3, 0.4) is 0 Å². The Hall–Kier alpha value is -2.71. The number of piperidine rings is 1. The molecular formula is C23H29N3O4S. The Kier molecular flexibility index (Phi) is 7.12. The molecule has 2 N–H and O–H groups in total. The molecule has 2 aromatic carbocycles. The fraction of sp³-hybridized carbons (Fsp3) is 0.391. The summed E-state index contributed by atoms with van der Waals surface area (Å²) in [4.78, 5) is 25.6. The maximum absolute atomic E-state index is 13.0. The van der Waals surface area contributed by atoms with E-state index in [4.69, 9.17) is 0 Å². The van der Waals surface area contributed by atoms with Crippen LogP contribution in [0.2, 0.25) is 0 Å². The SMILES string of the molecule is Cc1ccc(S(=O)(=O)N2CCC[C@@H](C(=O)Nc3ccccc3C(=O)NC(C)C)C2)cc1. The molecule has 0 aromatic heterocycles. The fourth-order valence-corrected chi connectivity index (χ4v) is 5.12. The molecule has 2 aromatic rings. The Labute approximate surface area is 183 Å². The third-order valence-corrected chi connectivity index (χ3v) is 7.14. The van der Waals surface area contributed by atoms with Gasteiger partial charge in [0.15, 0.2) is 0 Å². The standard InChI is InChI=1S/C23H29N3O4S/c1-16(2)24-23(28)20-8-4-5-9-21(20)25-22(27)18-7-6-14-26(15-18)31(29,30)19-12-10-17(3)11-13-19/h4-5,8-13,16,18H,6-7,14-15H2,1-3H3,(H,24,28)(H,25,27)/t18-/m1/s1. The molecule has 1 aliphatic rings. The summed E-state index contributed by atoms with van der Waals surface area (Å²) in [5.41, 5.74) is 1.78. The molecule has 2 amide bonds. The summed E-state index contributed by atoms with van der Waals surface area (Å²) in [6, 6.07) is 13.5. The van der Waals surface area contributed by atoms with E-state index in [1.54, 1.807) is 48.5 Å². The molecule has 0 saturated carbocycles. The number of benzene rings is 2. The van der Waals surface area contributed by atoms with Crippen molar-refractivity contribution in [2.24, 2.45) is 5.92 Å². The molecule has 1 heterocycles. The summed E-state index contributed by atoms with van der Waals surface area (Å²) in [5, 5.41) is 5.66. The largest absolute Gasteiger partial charge is 0.350 e. The van der Waals surface area contributed by atoms with E-state index in [-0.39, 0.29) is 29.3 Å². The topological polar surface area (TPSA) is 95.6 Å². The van der Waals surface area contributed by atoms with Crippen LogP contribution in [0.4, 0.5) is 5.69 Å². The second-order valence-corrected chi connectivity index (χ2v) is 10.1. The molecule has 0 radical (unpaired) electrons. The van der Waals surface area contributed by atoms with Crippen molar-refractivity contribution in [3.05, 3.63) is 59.7 Å². The van der Waals surface area contributed by atoms with Gasteiger partial charge in [-0.15, -0.1) is 0 Å². The number of aryl methyl sites for hydroxylation is 1. The molecule has 8 heteroatoms. The Morgan fingerprint density at radius 3 is 2.42 bits per heavy atom. The van der Waals surface area contributed by atoms with E-state index >= 15 is 0 Å². The van der Waals surface area contributed by atoms with Gasteiger partial charge in [0.25, 0.3) is 5.91 Å². The van der Waals surface area contributed by atoms with E-state index < -0.39 is 15.9 Å². The average molecular weight is 444 g/mol. The van der Waals surface area contributed by atoms with Crippen LogP contribution in [-0.4, -0.2) is 43.7 Å². The van der Waals surface area contributed by atoms with Crippen LogP contribution in [0.25, 0.3) is 0 Å². The normalized spacial score (nSPS) is 17.4. The van der Waals surface area contributed by atoms with Crippen LogP contribution in [0, 0.1) is 12.8 Å². The Morgan fingerprint density at radius 1 is 1.06 bits per heavy atom. The molecule has 166 valence electrons. The fourth-order valence-electron chi connectivity index (χ4n) is 3.60. The highest BCUT2D eigenvalue weighted by atomic mass is 32.2. The van der Waals surface area contributed by atoms with Crippen molar-refractivity contribution in [2.45, 2.75) is 44.6 Å². The van der Waals surface area contributed by atoms with Crippen molar-refractivity contribution >= 4 is 27.5 Å². The van der Waals surface area contributed by atoms with Crippen molar-refractivity contribution in [1.82, 2.24) is 9.62 Å². The molecule has 3 rings (SSSR count). The lowest BCUT2D eigenvalue weighted by molar-refractivity contribution is -0.120. The predicted molar refractivity (Wildman–Crippen MR) is 120 cm³/mol. The van der Waals surface area contributed by atoms with Gasteiger partial charge in [-0.1, -0.05) is 29.8 Å². The van der Waals surface area contributed by atoms with Gasteiger partial charge in [-0.3, -0.25) is 9.59 Å². The van der Waals surface area contributed by atoms with Gasteiger partial charge in [-0.2, -0.15) is 4.31 Å². The number of para-hydroxylation sites is 1. The number of carbonyl (C=O) groups is 2. The number of amides is 2. The van der Waals surface area contributed by atoms with E-state index in [9.17, 15) is 18.0 Å². The smallest absolute Gasteiger partial charge is 0.253 e. The van der Waals surface area contributed by atoms with Gasteiger partial charge in [0.2, 0.25) is 15.9 Å². The Balaban J connectivity index is 1.74. The molecule has 1 fully saturated rings. The highest BCUT2D eigenvalue weighted by molar-refractivity contribution is 7.89. The number of nitrogens with one attached hydrogen (secondary N) is 2. The number of sulfonamides is 1.